The Morgan fingerprint density at radius 2 is 2.26 bits per heavy atom. The number of aryl methyl sites for hydroxylation is 2. The third-order valence-electron chi connectivity index (χ3n) is 3.56. The molecule has 1 rings (SSSR count). The van der Waals surface area contributed by atoms with Gasteiger partial charge in [0.25, 0.3) is 0 Å². The van der Waals surface area contributed by atoms with Gasteiger partial charge in [0, 0.05) is 18.9 Å². The first-order valence-corrected chi connectivity index (χ1v) is 7.02. The quantitative estimate of drug-likeness (QED) is 0.667. The molecule has 1 unspecified atom stereocenters. The van der Waals surface area contributed by atoms with Crippen LogP contribution in [0.3, 0.4) is 0 Å². The van der Waals surface area contributed by atoms with Gasteiger partial charge in [-0.05, 0) is 46.1 Å². The molecule has 19 heavy (non-hydrogen) atoms. The number of unbranched alkanes of at least 4 members (excludes halogenated alkanes) is 1. The minimum absolute atomic E-state index is 0.264. The second-order valence-corrected chi connectivity index (χ2v) is 5.25. The molecule has 0 saturated carbocycles. The molecule has 3 N–H and O–H groups in total. The van der Waals surface area contributed by atoms with Crippen LogP contribution in [0.2, 0.25) is 0 Å². The van der Waals surface area contributed by atoms with Gasteiger partial charge in [0.05, 0.1) is 5.54 Å². The fourth-order valence-electron chi connectivity index (χ4n) is 2.10. The van der Waals surface area contributed by atoms with Crippen LogP contribution in [0.25, 0.3) is 0 Å². The van der Waals surface area contributed by atoms with E-state index >= 15 is 0 Å². The molecule has 1 heterocycles. The number of carbonyl (C=O) groups excluding carboxylic acids is 1. The van der Waals surface area contributed by atoms with Crippen molar-refractivity contribution in [3.05, 3.63) is 18.2 Å². The normalized spacial score (nSPS) is 14.3. The molecular weight excluding hydrogens is 240 g/mol. The summed E-state index contributed by atoms with van der Waals surface area (Å²) in [6.07, 6.45) is 7.55. The number of nitrogens with two attached hydrogens (primary N) is 1. The number of hydrogen-bond donors (Lipinski definition) is 2. The van der Waals surface area contributed by atoms with E-state index in [2.05, 4.69) is 21.8 Å². The zero-order chi connectivity index (χ0) is 14.3. The Kier molecular flexibility index (Phi) is 6.02. The molecule has 0 fully saturated rings. The van der Waals surface area contributed by atoms with Crippen molar-refractivity contribution in [1.29, 1.82) is 0 Å². The SMILES string of the molecule is CCCNC(C)(CCCCn1ccnc1C)C(N)=O. The number of nitrogens with one attached hydrogen (secondary N) is 1. The van der Waals surface area contributed by atoms with E-state index < -0.39 is 5.54 Å². The second-order valence-electron chi connectivity index (χ2n) is 5.25. The molecule has 0 aliphatic heterocycles. The van der Waals surface area contributed by atoms with Crippen LogP contribution >= 0.6 is 0 Å². The number of amides is 1. The first-order chi connectivity index (χ1) is 8.99. The van der Waals surface area contributed by atoms with Crippen LogP contribution < -0.4 is 11.1 Å². The lowest BCUT2D eigenvalue weighted by molar-refractivity contribution is -0.124. The Morgan fingerprint density at radius 3 is 2.79 bits per heavy atom. The largest absolute Gasteiger partial charge is 0.368 e. The average Bonchev–Trinajstić information content (AvgIpc) is 2.78. The van der Waals surface area contributed by atoms with Gasteiger partial charge in [-0.1, -0.05) is 6.92 Å². The molecule has 0 radical (unpaired) electrons. The summed E-state index contributed by atoms with van der Waals surface area (Å²) in [6.45, 7) is 7.73. The number of aromatic nitrogens is 2. The van der Waals surface area contributed by atoms with E-state index in [0.29, 0.717) is 0 Å². The summed E-state index contributed by atoms with van der Waals surface area (Å²) in [5.74, 6) is 0.765. The van der Waals surface area contributed by atoms with Gasteiger partial charge in [0.15, 0.2) is 0 Å². The van der Waals surface area contributed by atoms with Crippen LogP contribution in [0.1, 0.15) is 45.4 Å². The van der Waals surface area contributed by atoms with Crippen molar-refractivity contribution in [2.24, 2.45) is 5.73 Å². The molecule has 0 bridgehead atoms. The highest BCUT2D eigenvalue weighted by Gasteiger charge is 2.29. The summed E-state index contributed by atoms with van der Waals surface area (Å²) < 4.78 is 2.13. The van der Waals surface area contributed by atoms with Crippen LogP contribution in [0.5, 0.6) is 0 Å². The first-order valence-electron chi connectivity index (χ1n) is 7.02. The highest BCUT2D eigenvalue weighted by molar-refractivity contribution is 5.84. The maximum atomic E-state index is 11.5. The molecular formula is C14H26N4O. The number of carbonyl (C=O) groups is 1. The molecule has 5 heteroatoms. The van der Waals surface area contributed by atoms with E-state index in [1.807, 2.05) is 26.2 Å². The molecule has 1 aromatic rings. The maximum absolute atomic E-state index is 11.5. The van der Waals surface area contributed by atoms with Gasteiger partial charge in [-0.3, -0.25) is 4.79 Å². The van der Waals surface area contributed by atoms with Gasteiger partial charge in [0.2, 0.25) is 5.91 Å². The van der Waals surface area contributed by atoms with Crippen molar-refractivity contribution in [3.8, 4) is 0 Å². The summed E-state index contributed by atoms with van der Waals surface area (Å²) in [6, 6.07) is 0. The molecule has 0 aliphatic rings. The van der Waals surface area contributed by atoms with Crippen LogP contribution in [0, 0.1) is 6.92 Å². The highest BCUT2D eigenvalue weighted by Crippen LogP contribution is 2.14. The fraction of sp³-hybridized carbons (Fsp3) is 0.714. The lowest BCUT2D eigenvalue weighted by atomic mass is 9.93. The molecule has 5 nitrogen and oxygen atoms in total. The van der Waals surface area contributed by atoms with E-state index in [9.17, 15) is 4.79 Å². The van der Waals surface area contributed by atoms with Crippen molar-refractivity contribution in [1.82, 2.24) is 14.9 Å². The van der Waals surface area contributed by atoms with Crippen LogP contribution in [-0.2, 0) is 11.3 Å². The second kappa shape index (κ2) is 7.28. The van der Waals surface area contributed by atoms with Gasteiger partial charge >= 0.3 is 0 Å². The zero-order valence-corrected chi connectivity index (χ0v) is 12.3. The zero-order valence-electron chi connectivity index (χ0n) is 12.3. The third kappa shape index (κ3) is 4.67. The molecule has 0 spiro atoms. The van der Waals surface area contributed by atoms with Crippen molar-refractivity contribution in [3.63, 3.8) is 0 Å². The molecule has 108 valence electrons. The van der Waals surface area contributed by atoms with Crippen molar-refractivity contribution in [2.75, 3.05) is 6.54 Å². The van der Waals surface area contributed by atoms with Gasteiger partial charge in [-0.2, -0.15) is 0 Å². The average molecular weight is 266 g/mol. The van der Waals surface area contributed by atoms with Gasteiger partial charge in [-0.25, -0.2) is 4.98 Å². The van der Waals surface area contributed by atoms with Gasteiger partial charge < -0.3 is 15.6 Å². The van der Waals surface area contributed by atoms with Crippen molar-refractivity contribution >= 4 is 5.91 Å². The van der Waals surface area contributed by atoms with E-state index in [0.717, 1.165) is 44.6 Å². The number of imidazole rings is 1. The molecule has 0 aliphatic carbocycles. The fourth-order valence-corrected chi connectivity index (χ4v) is 2.10. The maximum Gasteiger partial charge on any atom is 0.237 e. The molecule has 1 atom stereocenters. The van der Waals surface area contributed by atoms with E-state index in [1.165, 1.54) is 0 Å². The Labute approximate surface area is 115 Å². The van der Waals surface area contributed by atoms with Crippen molar-refractivity contribution < 1.29 is 4.79 Å². The highest BCUT2D eigenvalue weighted by atomic mass is 16.1. The van der Waals surface area contributed by atoms with E-state index in [1.54, 1.807) is 0 Å². The van der Waals surface area contributed by atoms with Crippen LogP contribution in [0.4, 0.5) is 0 Å². The Balaban J connectivity index is 2.36. The predicted molar refractivity (Wildman–Crippen MR) is 76.7 cm³/mol. The minimum atomic E-state index is -0.583. The smallest absolute Gasteiger partial charge is 0.237 e. The number of rotatable bonds is 9. The van der Waals surface area contributed by atoms with E-state index in [-0.39, 0.29) is 5.91 Å². The predicted octanol–water partition coefficient (Wildman–Crippen LogP) is 1.61. The Hall–Kier alpha value is -1.36. The Bertz CT molecular complexity index is 402. The topological polar surface area (TPSA) is 72.9 Å². The lowest BCUT2D eigenvalue weighted by Crippen LogP contribution is -2.53. The number of hydrogen-bond acceptors (Lipinski definition) is 3. The van der Waals surface area contributed by atoms with Crippen LogP contribution in [0.15, 0.2) is 12.4 Å². The molecule has 0 aromatic carbocycles. The van der Waals surface area contributed by atoms with Crippen LogP contribution in [-0.4, -0.2) is 27.5 Å². The summed E-state index contributed by atoms with van der Waals surface area (Å²) in [7, 11) is 0. The molecule has 0 saturated heterocycles. The first kappa shape index (κ1) is 15.7. The summed E-state index contributed by atoms with van der Waals surface area (Å²) in [4.78, 5) is 15.7. The summed E-state index contributed by atoms with van der Waals surface area (Å²) >= 11 is 0. The van der Waals surface area contributed by atoms with Gasteiger partial charge in [-0.15, -0.1) is 0 Å². The standard InChI is InChI=1S/C14H26N4O/c1-4-8-17-14(3,13(15)19)7-5-6-10-18-11-9-16-12(18)2/h9,11,17H,4-8,10H2,1-3H3,(H2,15,19). The van der Waals surface area contributed by atoms with Gasteiger partial charge in [0.1, 0.15) is 5.82 Å². The summed E-state index contributed by atoms with van der Waals surface area (Å²) in [5.41, 5.74) is 4.91. The number of primary amides is 1. The third-order valence-corrected chi connectivity index (χ3v) is 3.56. The lowest BCUT2D eigenvalue weighted by Gasteiger charge is -2.27. The molecule has 1 aromatic heterocycles. The van der Waals surface area contributed by atoms with E-state index in [4.69, 9.17) is 5.73 Å². The van der Waals surface area contributed by atoms with Crippen molar-refractivity contribution in [2.45, 2.75) is 58.5 Å². The minimum Gasteiger partial charge on any atom is -0.368 e. The monoisotopic (exact) mass is 266 g/mol. The number of nitrogens with zero attached hydrogens (tertiary/aromatic N) is 2. The Morgan fingerprint density at radius 1 is 1.53 bits per heavy atom. The summed E-state index contributed by atoms with van der Waals surface area (Å²) in [5, 5.41) is 3.26. The molecule has 1 amide bonds.